The van der Waals surface area contributed by atoms with E-state index in [9.17, 15) is 0 Å². The maximum absolute atomic E-state index is 6.30. The number of hydrogen-bond acceptors (Lipinski definition) is 5. The van der Waals surface area contributed by atoms with Crippen molar-refractivity contribution in [1.82, 2.24) is 14.9 Å². The number of ether oxygens (including phenoxy) is 3. The highest BCUT2D eigenvalue weighted by atomic mass is 16.5. The summed E-state index contributed by atoms with van der Waals surface area (Å²) in [5, 5.41) is 0. The normalized spacial score (nSPS) is 11.0. The van der Waals surface area contributed by atoms with Gasteiger partial charge in [-0.3, -0.25) is 4.90 Å². The topological polar surface area (TPSA) is 59.6 Å². The zero-order valence-electron chi connectivity index (χ0n) is 22.6. The van der Waals surface area contributed by atoms with E-state index < -0.39 is 0 Å². The molecule has 0 bridgehead atoms. The van der Waals surface area contributed by atoms with Crippen molar-refractivity contribution in [2.75, 3.05) is 34.4 Å². The number of para-hydroxylation sites is 1. The van der Waals surface area contributed by atoms with E-state index in [-0.39, 0.29) is 0 Å². The van der Waals surface area contributed by atoms with Crippen LogP contribution in [0, 0.1) is 0 Å². The molecule has 0 saturated carbocycles. The highest BCUT2D eigenvalue weighted by Crippen LogP contribution is 2.36. The molecule has 6 heteroatoms. The van der Waals surface area contributed by atoms with E-state index in [0.717, 1.165) is 69.8 Å². The Morgan fingerprint density at radius 1 is 0.718 bits per heavy atom. The molecule has 0 atom stereocenters. The van der Waals surface area contributed by atoms with Gasteiger partial charge in [0.1, 0.15) is 18.2 Å². The Labute approximate surface area is 229 Å². The Morgan fingerprint density at radius 3 is 2.10 bits per heavy atom. The van der Waals surface area contributed by atoms with Gasteiger partial charge in [-0.1, -0.05) is 78.9 Å². The van der Waals surface area contributed by atoms with Gasteiger partial charge in [-0.2, -0.15) is 0 Å². The minimum atomic E-state index is 0.540. The summed E-state index contributed by atoms with van der Waals surface area (Å²) in [6.45, 7) is 2.06. The van der Waals surface area contributed by atoms with Crippen molar-refractivity contribution in [1.29, 1.82) is 0 Å². The first-order valence-electron chi connectivity index (χ1n) is 13.0. The van der Waals surface area contributed by atoms with Crippen molar-refractivity contribution < 1.29 is 14.2 Å². The molecular weight excluding hydrogens is 486 g/mol. The Bertz CT molecular complexity index is 1440. The van der Waals surface area contributed by atoms with E-state index in [0.29, 0.717) is 6.61 Å². The first kappa shape index (κ1) is 26.1. The van der Waals surface area contributed by atoms with Crippen LogP contribution in [0.25, 0.3) is 33.9 Å². The minimum Gasteiger partial charge on any atom is -0.493 e. The molecule has 0 aliphatic carbocycles. The number of methoxy groups -OCH3 is 2. The van der Waals surface area contributed by atoms with Crippen molar-refractivity contribution in [3.05, 3.63) is 109 Å². The Morgan fingerprint density at radius 2 is 1.38 bits per heavy atom. The molecule has 1 heterocycles. The molecule has 4 aromatic carbocycles. The van der Waals surface area contributed by atoms with Crippen molar-refractivity contribution in [3.63, 3.8) is 0 Å². The zero-order valence-corrected chi connectivity index (χ0v) is 22.6. The summed E-state index contributed by atoms with van der Waals surface area (Å²) in [5.41, 5.74) is 6.13. The van der Waals surface area contributed by atoms with E-state index >= 15 is 0 Å². The van der Waals surface area contributed by atoms with Crippen LogP contribution in [0.5, 0.6) is 17.2 Å². The second kappa shape index (κ2) is 12.3. The number of aromatic amines is 1. The summed E-state index contributed by atoms with van der Waals surface area (Å²) in [4.78, 5) is 10.9. The summed E-state index contributed by atoms with van der Waals surface area (Å²) in [5.74, 6) is 3.04. The smallest absolute Gasteiger partial charge is 0.161 e. The van der Waals surface area contributed by atoms with E-state index in [1.165, 1.54) is 0 Å². The predicted molar refractivity (Wildman–Crippen MR) is 156 cm³/mol. The monoisotopic (exact) mass is 519 g/mol. The molecule has 0 spiro atoms. The number of imidazole rings is 1. The number of benzene rings is 4. The van der Waals surface area contributed by atoms with E-state index in [1.807, 2.05) is 72.8 Å². The molecular formula is C33H33N3O3. The first-order chi connectivity index (χ1) is 19.2. The van der Waals surface area contributed by atoms with E-state index in [1.54, 1.807) is 14.2 Å². The fourth-order valence-electron chi connectivity index (χ4n) is 4.59. The van der Waals surface area contributed by atoms with Gasteiger partial charge in [0, 0.05) is 24.2 Å². The van der Waals surface area contributed by atoms with Crippen molar-refractivity contribution in [2.24, 2.45) is 0 Å². The van der Waals surface area contributed by atoms with Crippen LogP contribution in [0.1, 0.15) is 5.56 Å². The summed E-state index contributed by atoms with van der Waals surface area (Å²) in [6, 6.07) is 34.6. The predicted octanol–water partition coefficient (Wildman–Crippen LogP) is 6.94. The molecule has 1 aromatic heterocycles. The lowest BCUT2D eigenvalue weighted by Gasteiger charge is -2.18. The van der Waals surface area contributed by atoms with Crippen LogP contribution in [-0.4, -0.2) is 49.3 Å². The summed E-state index contributed by atoms with van der Waals surface area (Å²) < 4.78 is 17.1. The van der Waals surface area contributed by atoms with Gasteiger partial charge in [-0.05, 0) is 36.9 Å². The van der Waals surface area contributed by atoms with Crippen LogP contribution in [0.15, 0.2) is 103 Å². The number of likely N-dealkylation sites (N-methyl/N-ethyl adjacent to an activating group) is 1. The molecule has 39 heavy (non-hydrogen) atoms. The van der Waals surface area contributed by atoms with Gasteiger partial charge in [-0.15, -0.1) is 0 Å². The zero-order chi connectivity index (χ0) is 27.0. The van der Waals surface area contributed by atoms with Crippen molar-refractivity contribution in [2.45, 2.75) is 6.54 Å². The van der Waals surface area contributed by atoms with Crippen LogP contribution >= 0.6 is 0 Å². The number of nitrogens with zero attached hydrogens (tertiary/aromatic N) is 2. The standard InChI is InChI=1S/C33H33N3O3/c1-36(23-24-18-19-29(37-2)30(22-24)38-3)20-21-39-28-17-11-10-16-27(28)33-34-31(25-12-6-4-7-13-25)32(35-33)26-14-8-5-9-15-26/h4-19,22H,20-21,23H2,1-3H3,(H,34,35). The van der Waals surface area contributed by atoms with Gasteiger partial charge in [0.2, 0.25) is 0 Å². The second-order valence-corrected chi connectivity index (χ2v) is 9.31. The van der Waals surface area contributed by atoms with E-state index in [2.05, 4.69) is 47.3 Å². The SMILES string of the molecule is COc1ccc(CN(C)CCOc2ccccc2-c2nc(-c3ccccc3)c(-c3ccccc3)[nH]2)cc1OC. The molecule has 5 rings (SSSR count). The number of H-pyrrole nitrogens is 1. The average molecular weight is 520 g/mol. The highest BCUT2D eigenvalue weighted by Gasteiger charge is 2.17. The van der Waals surface area contributed by atoms with E-state index in [4.69, 9.17) is 19.2 Å². The lowest BCUT2D eigenvalue weighted by Crippen LogP contribution is -2.24. The van der Waals surface area contributed by atoms with Crippen LogP contribution in [0.4, 0.5) is 0 Å². The largest absolute Gasteiger partial charge is 0.493 e. The van der Waals surface area contributed by atoms with Gasteiger partial charge in [0.15, 0.2) is 11.5 Å². The Hall–Kier alpha value is -4.55. The van der Waals surface area contributed by atoms with Gasteiger partial charge in [0.25, 0.3) is 0 Å². The van der Waals surface area contributed by atoms with Crippen LogP contribution in [0.3, 0.4) is 0 Å². The molecule has 0 unspecified atom stereocenters. The summed E-state index contributed by atoms with van der Waals surface area (Å²) in [7, 11) is 5.38. The van der Waals surface area contributed by atoms with Crippen LogP contribution in [-0.2, 0) is 6.54 Å². The molecule has 0 aliphatic rings. The quantitative estimate of drug-likeness (QED) is 0.205. The molecule has 0 amide bonds. The van der Waals surface area contributed by atoms with Gasteiger partial charge < -0.3 is 19.2 Å². The average Bonchev–Trinajstić information content (AvgIpc) is 3.44. The van der Waals surface area contributed by atoms with Gasteiger partial charge >= 0.3 is 0 Å². The Kier molecular flexibility index (Phi) is 8.24. The molecule has 1 N–H and O–H groups in total. The number of nitrogens with one attached hydrogen (secondary N) is 1. The minimum absolute atomic E-state index is 0.540. The molecule has 0 radical (unpaired) electrons. The van der Waals surface area contributed by atoms with Crippen LogP contribution < -0.4 is 14.2 Å². The lowest BCUT2D eigenvalue weighted by molar-refractivity contribution is 0.233. The van der Waals surface area contributed by atoms with Gasteiger partial charge in [-0.25, -0.2) is 4.98 Å². The summed E-state index contributed by atoms with van der Waals surface area (Å²) in [6.07, 6.45) is 0. The molecule has 6 nitrogen and oxygen atoms in total. The molecule has 198 valence electrons. The fourth-order valence-corrected chi connectivity index (χ4v) is 4.59. The Balaban J connectivity index is 1.33. The fraction of sp³-hybridized carbons (Fsp3) is 0.182. The molecule has 5 aromatic rings. The number of aromatic nitrogens is 2. The molecule has 0 aliphatic heterocycles. The third-order valence-electron chi connectivity index (χ3n) is 6.59. The van der Waals surface area contributed by atoms with Crippen LogP contribution in [0.2, 0.25) is 0 Å². The maximum atomic E-state index is 6.30. The first-order valence-corrected chi connectivity index (χ1v) is 13.0. The summed E-state index contributed by atoms with van der Waals surface area (Å²) >= 11 is 0. The number of rotatable bonds is 11. The highest BCUT2D eigenvalue weighted by molar-refractivity contribution is 5.82. The molecule has 0 saturated heterocycles. The third kappa shape index (κ3) is 6.13. The van der Waals surface area contributed by atoms with Crippen molar-refractivity contribution in [3.8, 4) is 51.2 Å². The second-order valence-electron chi connectivity index (χ2n) is 9.31. The van der Waals surface area contributed by atoms with Crippen molar-refractivity contribution >= 4 is 0 Å². The van der Waals surface area contributed by atoms with Gasteiger partial charge in [0.05, 0.1) is 31.2 Å². The number of hydrogen-bond donors (Lipinski definition) is 1. The lowest BCUT2D eigenvalue weighted by atomic mass is 10.1. The third-order valence-corrected chi connectivity index (χ3v) is 6.59. The maximum Gasteiger partial charge on any atom is 0.161 e. The molecule has 0 fully saturated rings.